The quantitative estimate of drug-likeness (QED) is 0.646. The number of rotatable bonds is 0. The summed E-state index contributed by atoms with van der Waals surface area (Å²) in [7, 11) is -3.36. The van der Waals surface area contributed by atoms with Crippen LogP contribution in [0.5, 0.6) is 0 Å². The minimum atomic E-state index is -3.36. The second-order valence-electron chi connectivity index (χ2n) is 3.68. The smallest absolute Gasteiger partial charge is 0.206 e. The van der Waals surface area contributed by atoms with Crippen LogP contribution in [0.4, 0.5) is 11.4 Å². The van der Waals surface area contributed by atoms with Crippen LogP contribution in [-0.4, -0.2) is 8.42 Å². The average molecular weight is 231 g/mol. The number of sulfone groups is 1. The summed E-state index contributed by atoms with van der Waals surface area (Å²) in [4.78, 5) is 0.653. The molecule has 2 aromatic rings. The molecule has 4 heteroatoms. The highest BCUT2D eigenvalue weighted by atomic mass is 32.2. The van der Waals surface area contributed by atoms with E-state index in [4.69, 9.17) is 0 Å². The monoisotopic (exact) mass is 231 g/mol. The first-order valence-electron chi connectivity index (χ1n) is 4.88. The lowest BCUT2D eigenvalue weighted by Crippen LogP contribution is -2.04. The zero-order chi connectivity index (χ0) is 11.2. The standard InChI is InChI=1S/C12H9NO2S/c14-16(15)11-5-1-9(2-6-11)13-10-3-7-12(16)8-4-10/h1-8,13H. The molecule has 0 saturated carbocycles. The highest BCUT2D eigenvalue weighted by molar-refractivity contribution is 7.91. The third-order valence-electron chi connectivity index (χ3n) is 2.62. The summed E-state index contributed by atoms with van der Waals surface area (Å²) >= 11 is 0. The topological polar surface area (TPSA) is 46.2 Å². The summed E-state index contributed by atoms with van der Waals surface area (Å²) in [6, 6.07) is 13.5. The molecule has 0 aliphatic carbocycles. The van der Waals surface area contributed by atoms with Gasteiger partial charge in [0.15, 0.2) is 0 Å². The van der Waals surface area contributed by atoms with Gasteiger partial charge >= 0.3 is 0 Å². The molecule has 4 heterocycles. The number of nitrogens with one attached hydrogen (secondary N) is 1. The van der Waals surface area contributed by atoms with E-state index in [0.717, 1.165) is 11.4 Å². The number of hydrogen-bond acceptors (Lipinski definition) is 3. The molecule has 0 atom stereocenters. The van der Waals surface area contributed by atoms with E-state index >= 15 is 0 Å². The molecule has 0 spiro atoms. The third kappa shape index (κ3) is 1.31. The Balaban J connectivity index is 2.38. The molecule has 0 unspecified atom stereocenters. The Hall–Kier alpha value is -1.81. The summed E-state index contributed by atoms with van der Waals surface area (Å²) in [5, 5.41) is 3.19. The van der Waals surface area contributed by atoms with E-state index in [2.05, 4.69) is 5.32 Å². The molecule has 80 valence electrons. The average Bonchev–Trinajstić information content (AvgIpc) is 2.30. The van der Waals surface area contributed by atoms with Crippen molar-refractivity contribution in [3.05, 3.63) is 48.5 Å². The first kappa shape index (κ1) is 9.42. The van der Waals surface area contributed by atoms with Crippen LogP contribution in [-0.2, 0) is 9.84 Å². The molecule has 6 rings (SSSR count). The molecule has 4 aliphatic heterocycles. The minimum absolute atomic E-state index is 0.327. The highest BCUT2D eigenvalue weighted by Gasteiger charge is 2.18. The second kappa shape index (κ2) is 3.09. The fourth-order valence-electron chi connectivity index (χ4n) is 1.74. The van der Waals surface area contributed by atoms with E-state index in [1.807, 2.05) is 0 Å². The molecule has 0 aromatic heterocycles. The van der Waals surface area contributed by atoms with Crippen LogP contribution in [0.25, 0.3) is 0 Å². The number of hydrogen-bond donors (Lipinski definition) is 1. The normalized spacial score (nSPS) is 15.8. The van der Waals surface area contributed by atoms with Crippen LogP contribution < -0.4 is 5.32 Å². The van der Waals surface area contributed by atoms with Gasteiger partial charge in [-0.2, -0.15) is 0 Å². The molecule has 0 saturated heterocycles. The predicted molar refractivity (Wildman–Crippen MR) is 61.6 cm³/mol. The van der Waals surface area contributed by atoms with Crippen LogP contribution in [0.2, 0.25) is 0 Å². The van der Waals surface area contributed by atoms with Crippen LogP contribution in [0, 0.1) is 0 Å². The van der Waals surface area contributed by atoms with E-state index in [1.54, 1.807) is 48.5 Å². The van der Waals surface area contributed by atoms with Crippen molar-refractivity contribution in [3.8, 4) is 0 Å². The molecule has 16 heavy (non-hydrogen) atoms. The number of benzene rings is 2. The Morgan fingerprint density at radius 1 is 0.688 bits per heavy atom. The lowest BCUT2D eigenvalue weighted by atomic mass is 10.2. The van der Waals surface area contributed by atoms with Crippen molar-refractivity contribution in [2.75, 3.05) is 5.32 Å². The fourth-order valence-corrected chi connectivity index (χ4v) is 3.00. The van der Waals surface area contributed by atoms with E-state index in [-0.39, 0.29) is 0 Å². The third-order valence-corrected chi connectivity index (χ3v) is 4.40. The van der Waals surface area contributed by atoms with Gasteiger partial charge in [0, 0.05) is 11.4 Å². The van der Waals surface area contributed by atoms with Crippen molar-refractivity contribution < 1.29 is 8.42 Å². The Bertz CT molecular complexity index is 576. The molecular weight excluding hydrogens is 222 g/mol. The predicted octanol–water partition coefficient (Wildman–Crippen LogP) is 2.58. The minimum Gasteiger partial charge on any atom is -0.356 e. The Morgan fingerprint density at radius 2 is 1.06 bits per heavy atom. The van der Waals surface area contributed by atoms with E-state index in [1.165, 1.54) is 0 Å². The molecule has 0 fully saturated rings. The molecule has 2 aromatic carbocycles. The van der Waals surface area contributed by atoms with Gasteiger partial charge in [-0.1, -0.05) is 0 Å². The Kier molecular flexibility index (Phi) is 1.82. The zero-order valence-electron chi connectivity index (χ0n) is 8.34. The summed E-state index contributed by atoms with van der Waals surface area (Å²) in [6.45, 7) is 0. The summed E-state index contributed by atoms with van der Waals surface area (Å²) in [5.41, 5.74) is 1.77. The van der Waals surface area contributed by atoms with Gasteiger partial charge in [0.25, 0.3) is 0 Å². The maximum Gasteiger partial charge on any atom is 0.206 e. The molecule has 0 radical (unpaired) electrons. The first-order chi connectivity index (χ1) is 7.66. The molecule has 0 amide bonds. The van der Waals surface area contributed by atoms with E-state index in [9.17, 15) is 8.42 Å². The van der Waals surface area contributed by atoms with Gasteiger partial charge in [-0.3, -0.25) is 0 Å². The lowest BCUT2D eigenvalue weighted by Gasteiger charge is -2.12. The molecule has 3 nitrogen and oxygen atoms in total. The van der Waals surface area contributed by atoms with Gasteiger partial charge in [-0.15, -0.1) is 0 Å². The fraction of sp³-hybridized carbons (Fsp3) is 0. The zero-order valence-corrected chi connectivity index (χ0v) is 9.16. The van der Waals surface area contributed by atoms with Crippen LogP contribution in [0.1, 0.15) is 0 Å². The highest BCUT2D eigenvalue weighted by Crippen LogP contribution is 2.27. The first-order valence-corrected chi connectivity index (χ1v) is 6.37. The van der Waals surface area contributed by atoms with Crippen molar-refractivity contribution in [1.82, 2.24) is 0 Å². The summed E-state index contributed by atoms with van der Waals surface area (Å²) in [5.74, 6) is 0. The largest absolute Gasteiger partial charge is 0.356 e. The Morgan fingerprint density at radius 3 is 1.44 bits per heavy atom. The molecule has 1 N–H and O–H groups in total. The van der Waals surface area contributed by atoms with Gasteiger partial charge in [-0.05, 0) is 48.5 Å². The van der Waals surface area contributed by atoms with Gasteiger partial charge in [-0.25, -0.2) is 8.42 Å². The maximum atomic E-state index is 12.1. The Labute approximate surface area is 93.7 Å². The SMILES string of the molecule is O=S1(=O)c2ccc(cc2)Nc2ccc1cc2. The molecule has 4 bridgehead atoms. The van der Waals surface area contributed by atoms with E-state index in [0.29, 0.717) is 9.79 Å². The van der Waals surface area contributed by atoms with Gasteiger partial charge < -0.3 is 5.32 Å². The summed E-state index contributed by atoms with van der Waals surface area (Å²) < 4.78 is 24.3. The number of anilines is 2. The van der Waals surface area contributed by atoms with Crippen molar-refractivity contribution in [1.29, 1.82) is 0 Å². The van der Waals surface area contributed by atoms with E-state index < -0.39 is 9.84 Å². The van der Waals surface area contributed by atoms with Crippen molar-refractivity contribution in [3.63, 3.8) is 0 Å². The van der Waals surface area contributed by atoms with Crippen LogP contribution in [0.15, 0.2) is 58.3 Å². The second-order valence-corrected chi connectivity index (χ2v) is 5.63. The molecule has 4 aliphatic rings. The summed E-state index contributed by atoms with van der Waals surface area (Å²) in [6.07, 6.45) is 0. The van der Waals surface area contributed by atoms with Crippen molar-refractivity contribution in [2.45, 2.75) is 9.79 Å². The van der Waals surface area contributed by atoms with Gasteiger partial charge in [0.05, 0.1) is 9.79 Å². The van der Waals surface area contributed by atoms with Crippen LogP contribution >= 0.6 is 0 Å². The molecular formula is C12H9NO2S. The van der Waals surface area contributed by atoms with Crippen molar-refractivity contribution >= 4 is 21.2 Å². The van der Waals surface area contributed by atoms with Gasteiger partial charge in [0.1, 0.15) is 0 Å². The van der Waals surface area contributed by atoms with Gasteiger partial charge in [0.2, 0.25) is 9.84 Å². The van der Waals surface area contributed by atoms with Crippen LogP contribution in [0.3, 0.4) is 0 Å². The maximum absolute atomic E-state index is 12.1. The lowest BCUT2D eigenvalue weighted by molar-refractivity contribution is 0.596. The van der Waals surface area contributed by atoms with Crippen molar-refractivity contribution in [2.24, 2.45) is 0 Å².